The van der Waals surface area contributed by atoms with Gasteiger partial charge in [0, 0.05) is 15.9 Å². The summed E-state index contributed by atoms with van der Waals surface area (Å²) in [4.78, 5) is 12.4. The lowest BCUT2D eigenvalue weighted by Crippen LogP contribution is -2.25. The average molecular weight is 286 g/mol. The van der Waals surface area contributed by atoms with Crippen LogP contribution in [-0.4, -0.2) is 18.2 Å². The van der Waals surface area contributed by atoms with Crippen molar-refractivity contribution in [3.05, 3.63) is 41.4 Å². The molecular weight excluding hydrogens is 274 g/mol. The third-order valence-electron chi connectivity index (χ3n) is 1.59. The van der Waals surface area contributed by atoms with Crippen LogP contribution in [0.25, 0.3) is 0 Å². The van der Waals surface area contributed by atoms with E-state index in [4.69, 9.17) is 0 Å². The molecule has 0 bridgehead atoms. The Morgan fingerprint density at radius 1 is 1.40 bits per heavy atom. The molecule has 1 aromatic carbocycles. The topological polar surface area (TPSA) is 29.1 Å². The second-order valence-corrected chi connectivity index (χ2v) is 5.07. The van der Waals surface area contributed by atoms with Gasteiger partial charge in [-0.3, -0.25) is 4.79 Å². The van der Waals surface area contributed by atoms with Crippen LogP contribution < -0.4 is 5.32 Å². The molecule has 0 radical (unpaired) electrons. The molecule has 0 fully saturated rings. The Hall–Kier alpha value is -0.740. The second-order valence-electron chi connectivity index (χ2n) is 2.90. The molecule has 15 heavy (non-hydrogen) atoms. The zero-order valence-electron chi connectivity index (χ0n) is 8.20. The zero-order chi connectivity index (χ0) is 11.1. The second kappa shape index (κ2) is 6.69. The molecule has 0 aliphatic heterocycles. The van der Waals surface area contributed by atoms with Crippen LogP contribution in [0.4, 0.5) is 0 Å². The van der Waals surface area contributed by atoms with Crippen molar-refractivity contribution in [1.29, 1.82) is 0 Å². The Labute approximate surface area is 102 Å². The molecule has 1 amide bonds. The summed E-state index contributed by atoms with van der Waals surface area (Å²) in [5, 5.41) is 2.75. The van der Waals surface area contributed by atoms with Crippen molar-refractivity contribution < 1.29 is 4.79 Å². The lowest BCUT2D eigenvalue weighted by atomic mass is 10.4. The zero-order valence-corrected chi connectivity index (χ0v) is 10.6. The van der Waals surface area contributed by atoms with E-state index in [1.54, 1.807) is 0 Å². The molecule has 0 aromatic heterocycles. The smallest absolute Gasteiger partial charge is 0.230 e. The molecule has 0 saturated heterocycles. The quantitative estimate of drug-likeness (QED) is 0.843. The molecule has 0 spiro atoms. The van der Waals surface area contributed by atoms with Crippen LogP contribution in [0.15, 0.2) is 46.3 Å². The molecule has 0 heterocycles. The molecule has 0 aliphatic rings. The minimum Gasteiger partial charge on any atom is -0.351 e. The van der Waals surface area contributed by atoms with Crippen LogP contribution in [-0.2, 0) is 4.79 Å². The lowest BCUT2D eigenvalue weighted by Gasteiger charge is -2.03. The van der Waals surface area contributed by atoms with Crippen molar-refractivity contribution in [3.8, 4) is 0 Å². The van der Waals surface area contributed by atoms with Gasteiger partial charge in [0.1, 0.15) is 0 Å². The summed E-state index contributed by atoms with van der Waals surface area (Å²) in [5.74, 6) is 0.453. The summed E-state index contributed by atoms with van der Waals surface area (Å²) in [6.45, 7) is 4.12. The maximum Gasteiger partial charge on any atom is 0.230 e. The highest BCUT2D eigenvalue weighted by molar-refractivity contribution is 9.11. The minimum absolute atomic E-state index is 0.0180. The minimum atomic E-state index is 0.0180. The third-order valence-corrected chi connectivity index (χ3v) is 2.88. The van der Waals surface area contributed by atoms with Gasteiger partial charge in [0.05, 0.1) is 5.75 Å². The Morgan fingerprint density at radius 2 is 2.07 bits per heavy atom. The standard InChI is InChI=1S/C11H12BrNOS/c1-9(12)7-13-11(14)8-15-10-5-3-2-4-6-10/h2-6H,1,7-8H2,(H,13,14). The van der Waals surface area contributed by atoms with Crippen molar-refractivity contribution in [1.82, 2.24) is 5.32 Å². The van der Waals surface area contributed by atoms with Gasteiger partial charge >= 0.3 is 0 Å². The number of carbonyl (C=O) groups is 1. The van der Waals surface area contributed by atoms with Crippen molar-refractivity contribution in [2.45, 2.75) is 4.90 Å². The van der Waals surface area contributed by atoms with Gasteiger partial charge in [-0.25, -0.2) is 0 Å². The van der Waals surface area contributed by atoms with Crippen LogP contribution >= 0.6 is 27.7 Å². The lowest BCUT2D eigenvalue weighted by molar-refractivity contribution is -0.118. The maximum atomic E-state index is 11.3. The predicted molar refractivity (Wildman–Crippen MR) is 68.2 cm³/mol. The summed E-state index contributed by atoms with van der Waals surface area (Å²) >= 11 is 4.71. The van der Waals surface area contributed by atoms with E-state index in [1.165, 1.54) is 11.8 Å². The van der Waals surface area contributed by atoms with Crippen LogP contribution in [0, 0.1) is 0 Å². The van der Waals surface area contributed by atoms with E-state index in [1.807, 2.05) is 30.3 Å². The van der Waals surface area contributed by atoms with Crippen LogP contribution in [0.3, 0.4) is 0 Å². The SMILES string of the molecule is C=C(Br)CNC(=O)CSc1ccccc1. The van der Waals surface area contributed by atoms with Gasteiger partial charge in [-0.15, -0.1) is 11.8 Å². The molecule has 0 unspecified atom stereocenters. The maximum absolute atomic E-state index is 11.3. The number of nitrogens with one attached hydrogen (secondary N) is 1. The van der Waals surface area contributed by atoms with Crippen LogP contribution in [0.5, 0.6) is 0 Å². The van der Waals surface area contributed by atoms with E-state index in [0.29, 0.717) is 12.3 Å². The number of amides is 1. The number of halogens is 1. The summed E-state index contributed by atoms with van der Waals surface area (Å²) in [7, 11) is 0. The van der Waals surface area contributed by atoms with Gasteiger partial charge in [-0.1, -0.05) is 40.7 Å². The number of hydrogen-bond acceptors (Lipinski definition) is 2. The van der Waals surface area contributed by atoms with Crippen molar-refractivity contribution in [3.63, 3.8) is 0 Å². The number of carbonyl (C=O) groups excluding carboxylic acids is 1. The van der Waals surface area contributed by atoms with Crippen molar-refractivity contribution in [2.24, 2.45) is 0 Å². The number of rotatable bonds is 5. The molecule has 80 valence electrons. The number of hydrogen-bond donors (Lipinski definition) is 1. The first-order valence-electron chi connectivity index (χ1n) is 4.46. The Kier molecular flexibility index (Phi) is 5.50. The first-order chi connectivity index (χ1) is 7.18. The molecular formula is C11H12BrNOS. The van der Waals surface area contributed by atoms with Crippen molar-refractivity contribution >= 4 is 33.6 Å². The fourth-order valence-corrected chi connectivity index (χ4v) is 1.80. The monoisotopic (exact) mass is 285 g/mol. The molecule has 0 atom stereocenters. The molecule has 2 nitrogen and oxygen atoms in total. The summed E-state index contributed by atoms with van der Waals surface area (Å²) in [6.07, 6.45) is 0. The van der Waals surface area contributed by atoms with E-state index in [0.717, 1.165) is 9.38 Å². The fraction of sp³-hybridized carbons (Fsp3) is 0.182. The van der Waals surface area contributed by atoms with Gasteiger partial charge in [-0.2, -0.15) is 0 Å². The van der Waals surface area contributed by atoms with Gasteiger partial charge in [0.2, 0.25) is 5.91 Å². The number of benzene rings is 1. The normalized spacial score (nSPS) is 9.67. The summed E-state index contributed by atoms with van der Waals surface area (Å²) < 4.78 is 0.778. The molecule has 0 saturated carbocycles. The molecule has 0 aliphatic carbocycles. The Morgan fingerprint density at radius 3 is 2.67 bits per heavy atom. The molecule has 1 aromatic rings. The van der Waals surface area contributed by atoms with E-state index >= 15 is 0 Å². The highest BCUT2D eigenvalue weighted by atomic mass is 79.9. The van der Waals surface area contributed by atoms with E-state index in [-0.39, 0.29) is 5.91 Å². The average Bonchev–Trinajstić information content (AvgIpc) is 2.25. The first kappa shape index (κ1) is 12.3. The molecule has 4 heteroatoms. The fourth-order valence-electron chi connectivity index (χ4n) is 0.911. The number of thioether (sulfide) groups is 1. The molecule has 1 N–H and O–H groups in total. The molecule has 1 rings (SSSR count). The summed E-state index contributed by atoms with van der Waals surface area (Å²) in [5.41, 5.74) is 0. The van der Waals surface area contributed by atoms with E-state index < -0.39 is 0 Å². The van der Waals surface area contributed by atoms with Gasteiger partial charge in [0.25, 0.3) is 0 Å². The van der Waals surface area contributed by atoms with Gasteiger partial charge in [-0.05, 0) is 12.1 Å². The third kappa shape index (κ3) is 5.64. The van der Waals surface area contributed by atoms with Gasteiger partial charge < -0.3 is 5.32 Å². The van der Waals surface area contributed by atoms with E-state index in [2.05, 4.69) is 27.8 Å². The van der Waals surface area contributed by atoms with Crippen molar-refractivity contribution in [2.75, 3.05) is 12.3 Å². The Bertz CT molecular complexity index is 340. The van der Waals surface area contributed by atoms with E-state index in [9.17, 15) is 4.79 Å². The Balaban J connectivity index is 2.26. The van der Waals surface area contributed by atoms with Crippen LogP contribution in [0.1, 0.15) is 0 Å². The first-order valence-corrected chi connectivity index (χ1v) is 6.24. The highest BCUT2D eigenvalue weighted by Crippen LogP contribution is 2.16. The predicted octanol–water partition coefficient (Wildman–Crippen LogP) is 2.80. The van der Waals surface area contributed by atoms with Crippen LogP contribution in [0.2, 0.25) is 0 Å². The highest BCUT2D eigenvalue weighted by Gasteiger charge is 2.01. The van der Waals surface area contributed by atoms with Gasteiger partial charge in [0.15, 0.2) is 0 Å². The largest absolute Gasteiger partial charge is 0.351 e. The summed E-state index contributed by atoms with van der Waals surface area (Å²) in [6, 6.07) is 9.85.